The van der Waals surface area contributed by atoms with Crippen LogP contribution >= 0.6 is 0 Å². The Bertz CT molecular complexity index is 279. The number of rotatable bonds is 4. The summed E-state index contributed by atoms with van der Waals surface area (Å²) in [5, 5.41) is 0. The average molecular weight is 215 g/mol. The Morgan fingerprint density at radius 1 is 1.27 bits per heavy atom. The monoisotopic (exact) mass is 215 g/mol. The third kappa shape index (κ3) is 5.22. The van der Waals surface area contributed by atoms with Gasteiger partial charge in [0.15, 0.2) is 0 Å². The van der Waals surface area contributed by atoms with Crippen molar-refractivity contribution >= 4 is 5.69 Å². The van der Waals surface area contributed by atoms with Gasteiger partial charge in [0.25, 0.3) is 0 Å². The minimum atomic E-state index is -0.463. The van der Waals surface area contributed by atoms with Gasteiger partial charge >= 0.3 is 0 Å². The van der Waals surface area contributed by atoms with Gasteiger partial charge in [0, 0.05) is 13.2 Å². The zero-order chi connectivity index (χ0) is 11.7. The molecule has 0 aromatic heterocycles. The third-order valence-corrected chi connectivity index (χ3v) is 1.53. The minimum Gasteiger partial charge on any atom is -0.491 e. The molecule has 2 N–H and O–H groups in total. The number of anilines is 1. The van der Waals surface area contributed by atoms with Crippen LogP contribution in [0.15, 0.2) is 18.2 Å². The molecule has 0 heterocycles. The van der Waals surface area contributed by atoms with Crippen LogP contribution in [0.2, 0.25) is 0 Å². The van der Waals surface area contributed by atoms with Crippen LogP contribution in [0.3, 0.4) is 0 Å². The van der Waals surface area contributed by atoms with Gasteiger partial charge in [-0.3, -0.25) is 0 Å². The molecule has 86 valence electrons. The Kier molecular flexibility index (Phi) is 7.36. The highest BCUT2D eigenvalue weighted by Gasteiger charge is 1.99. The van der Waals surface area contributed by atoms with Gasteiger partial charge in [-0.2, -0.15) is 0 Å². The second-order valence-corrected chi connectivity index (χ2v) is 2.52. The molecular weight excluding hydrogens is 197 g/mol. The number of nitrogen functional groups attached to an aromatic ring is 1. The number of benzene rings is 1. The quantitative estimate of drug-likeness (QED) is 0.619. The molecule has 0 atom stereocenters. The van der Waals surface area contributed by atoms with E-state index in [1.54, 1.807) is 13.2 Å². The molecule has 1 aromatic carbocycles. The van der Waals surface area contributed by atoms with Crippen LogP contribution in [-0.4, -0.2) is 20.3 Å². The lowest BCUT2D eigenvalue weighted by Gasteiger charge is -2.05. The van der Waals surface area contributed by atoms with Gasteiger partial charge in [-0.25, -0.2) is 4.39 Å². The van der Waals surface area contributed by atoms with Crippen molar-refractivity contribution in [3.8, 4) is 5.75 Å². The Morgan fingerprint density at radius 3 is 2.47 bits per heavy atom. The van der Waals surface area contributed by atoms with E-state index in [1.807, 2.05) is 13.8 Å². The first-order valence-electron chi connectivity index (χ1n) is 4.91. The van der Waals surface area contributed by atoms with E-state index < -0.39 is 5.82 Å². The van der Waals surface area contributed by atoms with E-state index >= 15 is 0 Å². The summed E-state index contributed by atoms with van der Waals surface area (Å²) in [6.07, 6.45) is 0. The standard InChI is InChI=1S/C9H12FNO2.C2H6/c1-12-4-5-13-7-2-3-9(11)8(10)6-7;1-2/h2-3,6H,4-5,11H2,1H3;1-2H3. The van der Waals surface area contributed by atoms with E-state index in [-0.39, 0.29) is 5.69 Å². The van der Waals surface area contributed by atoms with Crippen molar-refractivity contribution in [3.05, 3.63) is 24.0 Å². The molecule has 1 rings (SSSR count). The van der Waals surface area contributed by atoms with Crippen molar-refractivity contribution < 1.29 is 13.9 Å². The molecule has 1 aromatic rings. The summed E-state index contributed by atoms with van der Waals surface area (Å²) in [6, 6.07) is 4.34. The van der Waals surface area contributed by atoms with Gasteiger partial charge in [0.05, 0.1) is 12.3 Å². The summed E-state index contributed by atoms with van der Waals surface area (Å²) < 4.78 is 22.8. The number of halogens is 1. The highest BCUT2D eigenvalue weighted by atomic mass is 19.1. The number of ether oxygens (including phenoxy) is 2. The van der Waals surface area contributed by atoms with Gasteiger partial charge in [-0.05, 0) is 12.1 Å². The summed E-state index contributed by atoms with van der Waals surface area (Å²) in [5.41, 5.74) is 5.41. The highest BCUT2D eigenvalue weighted by Crippen LogP contribution is 2.17. The molecule has 3 nitrogen and oxygen atoms in total. The third-order valence-electron chi connectivity index (χ3n) is 1.53. The van der Waals surface area contributed by atoms with Crippen molar-refractivity contribution in [1.82, 2.24) is 0 Å². The topological polar surface area (TPSA) is 44.5 Å². The predicted molar refractivity (Wildman–Crippen MR) is 59.5 cm³/mol. The Hall–Kier alpha value is -1.29. The van der Waals surface area contributed by atoms with Crippen LogP contribution in [0.1, 0.15) is 13.8 Å². The van der Waals surface area contributed by atoms with E-state index in [0.717, 1.165) is 0 Å². The van der Waals surface area contributed by atoms with Gasteiger partial charge in [-0.1, -0.05) is 13.8 Å². The maximum Gasteiger partial charge on any atom is 0.149 e. The zero-order valence-corrected chi connectivity index (χ0v) is 9.42. The van der Waals surface area contributed by atoms with E-state index in [2.05, 4.69) is 0 Å². The zero-order valence-electron chi connectivity index (χ0n) is 9.42. The maximum atomic E-state index is 12.9. The molecule has 4 heteroatoms. The summed E-state index contributed by atoms with van der Waals surface area (Å²) in [7, 11) is 1.58. The summed E-state index contributed by atoms with van der Waals surface area (Å²) in [6.45, 7) is 4.88. The van der Waals surface area contributed by atoms with Crippen LogP contribution in [0.25, 0.3) is 0 Å². The fourth-order valence-electron chi connectivity index (χ4n) is 0.840. The molecule has 0 aliphatic heterocycles. The van der Waals surface area contributed by atoms with Crippen LogP contribution in [0, 0.1) is 5.82 Å². The average Bonchev–Trinajstić information content (AvgIpc) is 2.27. The van der Waals surface area contributed by atoms with E-state index in [1.165, 1.54) is 12.1 Å². The minimum absolute atomic E-state index is 0.124. The fourth-order valence-corrected chi connectivity index (χ4v) is 0.840. The molecule has 0 saturated heterocycles. The van der Waals surface area contributed by atoms with Gasteiger partial charge in [0.1, 0.15) is 18.2 Å². The molecule has 0 aliphatic carbocycles. The molecule has 0 bridgehead atoms. The molecule has 0 saturated carbocycles. The number of hydrogen-bond donors (Lipinski definition) is 1. The van der Waals surface area contributed by atoms with E-state index in [0.29, 0.717) is 19.0 Å². The first-order chi connectivity index (χ1) is 7.24. The van der Waals surface area contributed by atoms with Crippen LogP contribution in [0.5, 0.6) is 5.75 Å². The lowest BCUT2D eigenvalue weighted by molar-refractivity contribution is 0.146. The van der Waals surface area contributed by atoms with Crippen molar-refractivity contribution in [2.24, 2.45) is 0 Å². The Morgan fingerprint density at radius 2 is 1.93 bits per heavy atom. The summed E-state index contributed by atoms with van der Waals surface area (Å²) in [4.78, 5) is 0. The van der Waals surface area contributed by atoms with Crippen LogP contribution in [-0.2, 0) is 4.74 Å². The van der Waals surface area contributed by atoms with E-state index in [9.17, 15) is 4.39 Å². The SMILES string of the molecule is CC.COCCOc1ccc(N)c(F)c1. The van der Waals surface area contributed by atoms with Crippen molar-refractivity contribution in [3.63, 3.8) is 0 Å². The van der Waals surface area contributed by atoms with E-state index in [4.69, 9.17) is 15.2 Å². The molecule has 0 spiro atoms. The van der Waals surface area contributed by atoms with Gasteiger partial charge in [-0.15, -0.1) is 0 Å². The number of nitrogens with two attached hydrogens (primary N) is 1. The highest BCUT2D eigenvalue weighted by molar-refractivity contribution is 5.43. The smallest absolute Gasteiger partial charge is 0.149 e. The van der Waals surface area contributed by atoms with Crippen LogP contribution in [0.4, 0.5) is 10.1 Å². The normalized spacial score (nSPS) is 9.07. The largest absolute Gasteiger partial charge is 0.491 e. The van der Waals surface area contributed by atoms with Gasteiger partial charge < -0.3 is 15.2 Å². The summed E-state index contributed by atoms with van der Waals surface area (Å²) >= 11 is 0. The molecule has 15 heavy (non-hydrogen) atoms. The number of hydrogen-bond acceptors (Lipinski definition) is 3. The summed E-state index contributed by atoms with van der Waals surface area (Å²) in [5.74, 6) is -0.00123. The molecular formula is C11H18FNO2. The molecule has 0 radical (unpaired) electrons. The molecule has 0 amide bonds. The van der Waals surface area contributed by atoms with Crippen LogP contribution < -0.4 is 10.5 Å². The maximum absolute atomic E-state index is 12.9. The number of methoxy groups -OCH3 is 1. The van der Waals surface area contributed by atoms with Gasteiger partial charge in [0.2, 0.25) is 0 Å². The van der Waals surface area contributed by atoms with Crippen molar-refractivity contribution in [1.29, 1.82) is 0 Å². The fraction of sp³-hybridized carbons (Fsp3) is 0.455. The predicted octanol–water partition coefficient (Wildman–Crippen LogP) is 2.46. The Labute approximate surface area is 90.0 Å². The molecule has 0 fully saturated rings. The first-order valence-corrected chi connectivity index (χ1v) is 4.91. The molecule has 0 unspecified atom stereocenters. The molecule has 0 aliphatic rings. The first kappa shape index (κ1) is 13.7. The second-order valence-electron chi connectivity index (χ2n) is 2.52. The lowest BCUT2D eigenvalue weighted by Crippen LogP contribution is -2.04. The van der Waals surface area contributed by atoms with Crippen molar-refractivity contribution in [2.45, 2.75) is 13.8 Å². The Balaban J connectivity index is 0.000000921. The second kappa shape index (κ2) is 8.05. The lowest BCUT2D eigenvalue weighted by atomic mass is 10.3. The van der Waals surface area contributed by atoms with Crippen molar-refractivity contribution in [2.75, 3.05) is 26.1 Å².